The van der Waals surface area contributed by atoms with Crippen molar-refractivity contribution in [3.63, 3.8) is 0 Å². The summed E-state index contributed by atoms with van der Waals surface area (Å²) in [6.45, 7) is 3.33. The number of hydrogen-bond donors (Lipinski definition) is 2. The number of hydrogen-bond acceptors (Lipinski definition) is 4. The lowest BCUT2D eigenvalue weighted by Crippen LogP contribution is -2.31. The average molecular weight is 348 g/mol. The summed E-state index contributed by atoms with van der Waals surface area (Å²) in [6, 6.07) is 0.784. The number of halogens is 4. The first-order valence-corrected chi connectivity index (χ1v) is 6.80. The highest BCUT2D eigenvalue weighted by Crippen LogP contribution is 2.32. The summed E-state index contributed by atoms with van der Waals surface area (Å²) in [5.74, 6) is 4.69. The van der Waals surface area contributed by atoms with Crippen LogP contribution in [0.1, 0.15) is 22.5 Å². The molecule has 0 unspecified atom stereocenters. The Hall–Kier alpha value is -2.13. The molecule has 0 radical (unpaired) electrons. The molecule has 0 spiro atoms. The third-order valence-electron chi connectivity index (χ3n) is 3.29. The number of nitrogens with two attached hydrogens (primary N) is 1. The van der Waals surface area contributed by atoms with Gasteiger partial charge < -0.3 is 0 Å². The maximum absolute atomic E-state index is 12.7. The summed E-state index contributed by atoms with van der Waals surface area (Å²) >= 11 is 5.91. The number of pyridine rings is 1. The van der Waals surface area contributed by atoms with Gasteiger partial charge in [0, 0.05) is 17.5 Å². The highest BCUT2D eigenvalue weighted by molar-refractivity contribution is 6.32. The van der Waals surface area contributed by atoms with Crippen LogP contribution in [0.5, 0.6) is 0 Å². The number of aryl methyl sites for hydroxylation is 1. The zero-order valence-corrected chi connectivity index (χ0v) is 13.0. The Morgan fingerprint density at radius 1 is 1.43 bits per heavy atom. The lowest BCUT2D eigenvalue weighted by molar-refractivity contribution is -0.137. The minimum Gasteiger partial charge on any atom is -0.294 e. The fraction of sp³-hybridized carbons (Fsp3) is 0.308. The number of rotatable bonds is 3. The summed E-state index contributed by atoms with van der Waals surface area (Å²) in [5.41, 5.74) is 2.74. The molecule has 0 atom stereocenters. The van der Waals surface area contributed by atoms with Crippen molar-refractivity contribution in [1.82, 2.24) is 20.2 Å². The quantitative estimate of drug-likeness (QED) is 0.506. The zero-order valence-electron chi connectivity index (χ0n) is 12.2. The van der Waals surface area contributed by atoms with Crippen molar-refractivity contribution in [3.05, 3.63) is 39.8 Å². The molecule has 6 nitrogen and oxygen atoms in total. The molecule has 0 aliphatic carbocycles. The van der Waals surface area contributed by atoms with Gasteiger partial charge in [-0.2, -0.15) is 18.3 Å². The Kier molecular flexibility index (Phi) is 4.62. The Morgan fingerprint density at radius 2 is 2.09 bits per heavy atom. The van der Waals surface area contributed by atoms with E-state index in [9.17, 15) is 18.0 Å². The van der Waals surface area contributed by atoms with Gasteiger partial charge in [0.05, 0.1) is 22.7 Å². The van der Waals surface area contributed by atoms with Gasteiger partial charge in [-0.15, -0.1) is 0 Å². The molecule has 0 saturated heterocycles. The second-order valence-electron chi connectivity index (χ2n) is 4.83. The normalized spacial score (nSPS) is 11.6. The topological polar surface area (TPSA) is 85.8 Å². The fourth-order valence-electron chi connectivity index (χ4n) is 2.09. The number of hydrazine groups is 1. The molecule has 3 N–H and O–H groups in total. The zero-order chi connectivity index (χ0) is 17.4. The van der Waals surface area contributed by atoms with Crippen molar-refractivity contribution < 1.29 is 18.0 Å². The Labute approximate surface area is 134 Å². The average Bonchev–Trinajstić information content (AvgIpc) is 2.74. The second-order valence-corrected chi connectivity index (χ2v) is 5.24. The van der Waals surface area contributed by atoms with Crippen molar-refractivity contribution in [2.24, 2.45) is 5.84 Å². The summed E-state index contributed by atoms with van der Waals surface area (Å²) < 4.78 is 39.3. The van der Waals surface area contributed by atoms with Gasteiger partial charge in [-0.3, -0.25) is 10.2 Å². The van der Waals surface area contributed by atoms with Gasteiger partial charge in [-0.05, 0) is 19.9 Å². The number of carbonyl (C=O) groups is 1. The van der Waals surface area contributed by atoms with Crippen LogP contribution in [-0.4, -0.2) is 20.7 Å². The lowest BCUT2D eigenvalue weighted by atomic mass is 10.1. The van der Waals surface area contributed by atoms with E-state index in [0.717, 1.165) is 6.07 Å². The first-order chi connectivity index (χ1) is 10.6. The van der Waals surface area contributed by atoms with E-state index >= 15 is 0 Å². The van der Waals surface area contributed by atoms with E-state index in [1.807, 2.05) is 5.43 Å². The fourth-order valence-corrected chi connectivity index (χ4v) is 2.34. The maximum Gasteiger partial charge on any atom is 0.417 e. The number of carbonyl (C=O) groups excluding carboxylic acids is 1. The van der Waals surface area contributed by atoms with Gasteiger partial charge in [0.2, 0.25) is 5.91 Å². The minimum atomic E-state index is -4.53. The summed E-state index contributed by atoms with van der Waals surface area (Å²) in [6.07, 6.45) is -3.86. The maximum atomic E-state index is 12.7. The first-order valence-electron chi connectivity index (χ1n) is 6.42. The Balaban J connectivity index is 2.47. The van der Waals surface area contributed by atoms with Gasteiger partial charge in [-0.25, -0.2) is 15.5 Å². The highest BCUT2D eigenvalue weighted by atomic mass is 35.5. The van der Waals surface area contributed by atoms with Crippen LogP contribution in [0.3, 0.4) is 0 Å². The molecule has 2 rings (SSSR count). The van der Waals surface area contributed by atoms with Crippen molar-refractivity contribution in [3.8, 4) is 5.82 Å². The van der Waals surface area contributed by atoms with Gasteiger partial charge in [-0.1, -0.05) is 11.6 Å². The van der Waals surface area contributed by atoms with Gasteiger partial charge in [0.25, 0.3) is 0 Å². The predicted octanol–water partition coefficient (Wildman–Crippen LogP) is 2.09. The molecule has 2 aromatic rings. The molecule has 2 aromatic heterocycles. The monoisotopic (exact) mass is 347 g/mol. The molecular weight excluding hydrogens is 335 g/mol. The number of nitrogens with one attached hydrogen (secondary N) is 1. The molecule has 0 aromatic carbocycles. The van der Waals surface area contributed by atoms with Crippen LogP contribution in [-0.2, 0) is 17.4 Å². The number of amides is 1. The standard InChI is InChI=1S/C13H13ClF3N5O/c1-6-9(4-11(23)20-18)7(2)22(21-6)12-10(14)3-8(5-19-12)13(15,16)17/h3,5H,4,18H2,1-2H3,(H,20,23). The molecule has 0 fully saturated rings. The molecule has 0 saturated carbocycles. The SMILES string of the molecule is Cc1nn(-c2ncc(C(F)(F)F)cc2Cl)c(C)c1CC(=O)NN. The van der Waals surface area contributed by atoms with Crippen LogP contribution in [0.4, 0.5) is 13.2 Å². The van der Waals surface area contributed by atoms with Crippen LogP contribution < -0.4 is 11.3 Å². The van der Waals surface area contributed by atoms with E-state index in [1.165, 1.54) is 4.68 Å². The van der Waals surface area contributed by atoms with E-state index < -0.39 is 17.6 Å². The van der Waals surface area contributed by atoms with Gasteiger partial charge in [0.1, 0.15) is 0 Å². The molecule has 2 heterocycles. The first kappa shape index (κ1) is 17.2. The molecule has 0 bridgehead atoms. The summed E-state index contributed by atoms with van der Waals surface area (Å²) in [5, 5.41) is 3.99. The van der Waals surface area contributed by atoms with Crippen LogP contribution in [0, 0.1) is 13.8 Å². The predicted molar refractivity (Wildman–Crippen MR) is 76.9 cm³/mol. The van der Waals surface area contributed by atoms with Crippen molar-refractivity contribution in [1.29, 1.82) is 0 Å². The number of aromatic nitrogens is 3. The molecule has 10 heteroatoms. The Morgan fingerprint density at radius 3 is 2.61 bits per heavy atom. The van der Waals surface area contributed by atoms with E-state index in [1.54, 1.807) is 13.8 Å². The summed E-state index contributed by atoms with van der Waals surface area (Å²) in [7, 11) is 0. The van der Waals surface area contributed by atoms with Crippen LogP contribution in [0.2, 0.25) is 5.02 Å². The third kappa shape index (κ3) is 3.45. The number of alkyl halides is 3. The third-order valence-corrected chi connectivity index (χ3v) is 3.57. The van der Waals surface area contributed by atoms with E-state index in [-0.39, 0.29) is 17.3 Å². The van der Waals surface area contributed by atoms with Crippen LogP contribution in [0.25, 0.3) is 5.82 Å². The molecule has 0 aliphatic rings. The molecule has 124 valence electrons. The van der Waals surface area contributed by atoms with Crippen molar-refractivity contribution >= 4 is 17.5 Å². The Bertz CT molecular complexity index is 757. The smallest absolute Gasteiger partial charge is 0.294 e. The van der Waals surface area contributed by atoms with E-state index in [4.69, 9.17) is 17.4 Å². The van der Waals surface area contributed by atoms with Crippen molar-refractivity contribution in [2.45, 2.75) is 26.4 Å². The largest absolute Gasteiger partial charge is 0.417 e. The van der Waals surface area contributed by atoms with E-state index in [2.05, 4.69) is 10.1 Å². The van der Waals surface area contributed by atoms with Crippen LogP contribution >= 0.6 is 11.6 Å². The van der Waals surface area contributed by atoms with Gasteiger partial charge in [0.15, 0.2) is 5.82 Å². The van der Waals surface area contributed by atoms with Gasteiger partial charge >= 0.3 is 6.18 Å². The number of nitrogens with zero attached hydrogens (tertiary/aromatic N) is 3. The highest BCUT2D eigenvalue weighted by Gasteiger charge is 2.32. The van der Waals surface area contributed by atoms with Crippen molar-refractivity contribution in [2.75, 3.05) is 0 Å². The molecule has 23 heavy (non-hydrogen) atoms. The minimum absolute atomic E-state index is 0.00752. The van der Waals surface area contributed by atoms with Crippen LogP contribution in [0.15, 0.2) is 12.3 Å². The lowest BCUT2D eigenvalue weighted by Gasteiger charge is -2.10. The molecule has 0 aliphatic heterocycles. The summed E-state index contributed by atoms with van der Waals surface area (Å²) in [4.78, 5) is 15.2. The van der Waals surface area contributed by atoms with E-state index in [0.29, 0.717) is 23.1 Å². The molecule has 1 amide bonds. The molecular formula is C13H13ClF3N5O. The second kappa shape index (κ2) is 6.17.